The lowest BCUT2D eigenvalue weighted by atomic mass is 10.1. The maximum Gasteiger partial charge on any atom is 0.255 e. The number of nitrogens with zero attached hydrogens (tertiary/aromatic N) is 2. The van der Waals surface area contributed by atoms with Crippen molar-refractivity contribution in [2.45, 2.75) is 11.6 Å². The number of amides is 2. The molecule has 2 aromatic carbocycles. The summed E-state index contributed by atoms with van der Waals surface area (Å²) in [6.07, 6.45) is 1.73. The van der Waals surface area contributed by atoms with Crippen LogP contribution in [0.2, 0.25) is 0 Å². The average molecular weight is 405 g/mol. The van der Waals surface area contributed by atoms with E-state index in [1.165, 1.54) is 11.8 Å². The lowest BCUT2D eigenvalue weighted by Gasteiger charge is -2.28. The highest BCUT2D eigenvalue weighted by molar-refractivity contribution is 8.00. The molecule has 146 valence electrons. The molecule has 1 aliphatic heterocycles. The van der Waals surface area contributed by atoms with Crippen LogP contribution in [0.25, 0.3) is 0 Å². The molecule has 2 amide bonds. The Hall–Kier alpha value is -3.32. The van der Waals surface area contributed by atoms with Gasteiger partial charge in [-0.05, 0) is 42.0 Å². The van der Waals surface area contributed by atoms with E-state index >= 15 is 0 Å². The number of aromatic nitrogens is 1. The van der Waals surface area contributed by atoms with Crippen molar-refractivity contribution in [3.8, 4) is 5.75 Å². The SMILES string of the molecule is COc1ccccc1NC(=O)c1ccc(CN2C(=O)CSc3ncccc32)cc1. The Labute approximate surface area is 172 Å². The molecule has 4 rings (SSSR count). The molecule has 0 spiro atoms. The van der Waals surface area contributed by atoms with Crippen molar-refractivity contribution >= 4 is 35.0 Å². The van der Waals surface area contributed by atoms with E-state index in [4.69, 9.17) is 4.74 Å². The Morgan fingerprint density at radius 1 is 1.14 bits per heavy atom. The monoisotopic (exact) mass is 405 g/mol. The molecular formula is C22H19N3O3S. The maximum atomic E-state index is 12.6. The molecule has 2 heterocycles. The molecule has 1 aromatic heterocycles. The van der Waals surface area contributed by atoms with Gasteiger partial charge in [0.1, 0.15) is 10.8 Å². The van der Waals surface area contributed by atoms with Crippen molar-refractivity contribution in [1.29, 1.82) is 0 Å². The molecule has 7 heteroatoms. The normalized spacial score (nSPS) is 13.0. The number of hydrogen-bond donors (Lipinski definition) is 1. The molecule has 0 atom stereocenters. The minimum atomic E-state index is -0.221. The molecule has 1 N–H and O–H groups in total. The van der Waals surface area contributed by atoms with Gasteiger partial charge in [0, 0.05) is 11.8 Å². The fourth-order valence-corrected chi connectivity index (χ4v) is 3.98. The largest absolute Gasteiger partial charge is 0.495 e. The van der Waals surface area contributed by atoms with Crippen molar-refractivity contribution in [3.05, 3.63) is 78.0 Å². The summed E-state index contributed by atoms with van der Waals surface area (Å²) in [6, 6.07) is 18.2. The van der Waals surface area contributed by atoms with Crippen molar-refractivity contribution < 1.29 is 14.3 Å². The van der Waals surface area contributed by atoms with Crippen LogP contribution in [-0.2, 0) is 11.3 Å². The first-order valence-corrected chi connectivity index (χ1v) is 10.1. The summed E-state index contributed by atoms with van der Waals surface area (Å²) in [4.78, 5) is 31.0. The summed E-state index contributed by atoms with van der Waals surface area (Å²) < 4.78 is 5.27. The van der Waals surface area contributed by atoms with E-state index in [0.717, 1.165) is 16.3 Å². The van der Waals surface area contributed by atoms with E-state index in [9.17, 15) is 9.59 Å². The third-order valence-corrected chi connectivity index (χ3v) is 5.57. The van der Waals surface area contributed by atoms with Crippen LogP contribution in [0, 0.1) is 0 Å². The van der Waals surface area contributed by atoms with Gasteiger partial charge in [0.15, 0.2) is 0 Å². The van der Waals surface area contributed by atoms with Gasteiger partial charge < -0.3 is 15.0 Å². The summed E-state index contributed by atoms with van der Waals surface area (Å²) in [5, 5.41) is 3.72. The summed E-state index contributed by atoms with van der Waals surface area (Å²) in [6.45, 7) is 0.437. The molecule has 0 bridgehead atoms. The first-order valence-electron chi connectivity index (χ1n) is 9.07. The molecule has 6 nitrogen and oxygen atoms in total. The van der Waals surface area contributed by atoms with Gasteiger partial charge in [-0.1, -0.05) is 36.0 Å². The average Bonchev–Trinajstić information content (AvgIpc) is 2.76. The summed E-state index contributed by atoms with van der Waals surface area (Å²) in [7, 11) is 1.56. The van der Waals surface area contributed by atoms with Crippen molar-refractivity contribution in [2.24, 2.45) is 0 Å². The summed E-state index contributed by atoms with van der Waals surface area (Å²) >= 11 is 1.46. The molecule has 0 unspecified atom stereocenters. The number of benzene rings is 2. The Morgan fingerprint density at radius 2 is 1.93 bits per heavy atom. The zero-order valence-electron chi connectivity index (χ0n) is 15.8. The Kier molecular flexibility index (Phi) is 5.48. The van der Waals surface area contributed by atoms with Crippen LogP contribution in [0.3, 0.4) is 0 Å². The summed E-state index contributed by atoms with van der Waals surface area (Å²) in [5.74, 6) is 0.810. The molecule has 3 aromatic rings. The second kappa shape index (κ2) is 8.36. The molecule has 0 saturated heterocycles. The highest BCUT2D eigenvalue weighted by Gasteiger charge is 2.25. The topological polar surface area (TPSA) is 71.5 Å². The Bertz CT molecular complexity index is 1050. The van der Waals surface area contributed by atoms with Gasteiger partial charge in [0.25, 0.3) is 5.91 Å². The molecule has 0 fully saturated rings. The van der Waals surface area contributed by atoms with E-state index in [1.54, 1.807) is 42.5 Å². The molecule has 0 saturated carbocycles. The van der Waals surface area contributed by atoms with Gasteiger partial charge in [0.2, 0.25) is 5.91 Å². The van der Waals surface area contributed by atoms with Crippen molar-refractivity contribution in [1.82, 2.24) is 4.98 Å². The Morgan fingerprint density at radius 3 is 2.72 bits per heavy atom. The van der Waals surface area contributed by atoms with Gasteiger partial charge in [-0.3, -0.25) is 9.59 Å². The first-order chi connectivity index (χ1) is 14.2. The standard InChI is InChI=1S/C22H19N3O3S/c1-28-19-7-3-2-5-17(19)24-21(27)16-10-8-15(9-11-16)13-25-18-6-4-12-23-22(18)29-14-20(25)26/h2-12H,13-14H2,1H3,(H,24,27). The molecular weight excluding hydrogens is 386 g/mol. The number of nitrogens with one attached hydrogen (secondary N) is 1. The van der Waals surface area contributed by atoms with Gasteiger partial charge in [0.05, 0.1) is 30.8 Å². The third kappa shape index (κ3) is 4.09. The van der Waals surface area contributed by atoms with Crippen LogP contribution in [0.5, 0.6) is 5.75 Å². The summed E-state index contributed by atoms with van der Waals surface area (Å²) in [5.41, 5.74) is 2.91. The highest BCUT2D eigenvalue weighted by atomic mass is 32.2. The second-order valence-corrected chi connectivity index (χ2v) is 7.41. The molecule has 0 radical (unpaired) electrons. The lowest BCUT2D eigenvalue weighted by Crippen LogP contribution is -2.35. The van der Waals surface area contributed by atoms with Crippen LogP contribution < -0.4 is 15.0 Å². The van der Waals surface area contributed by atoms with E-state index in [1.807, 2.05) is 36.4 Å². The van der Waals surface area contributed by atoms with E-state index in [0.29, 0.717) is 29.3 Å². The molecule has 1 aliphatic rings. The highest BCUT2D eigenvalue weighted by Crippen LogP contribution is 2.34. The predicted molar refractivity (Wildman–Crippen MR) is 114 cm³/mol. The number of rotatable bonds is 5. The number of pyridine rings is 1. The number of para-hydroxylation sites is 2. The number of methoxy groups -OCH3 is 1. The number of thioether (sulfide) groups is 1. The zero-order chi connectivity index (χ0) is 20.2. The number of fused-ring (bicyclic) bond motifs is 1. The predicted octanol–water partition coefficient (Wildman–Crippen LogP) is 3.98. The Balaban J connectivity index is 1.48. The minimum absolute atomic E-state index is 0.0495. The molecule has 0 aliphatic carbocycles. The minimum Gasteiger partial charge on any atom is -0.495 e. The zero-order valence-corrected chi connectivity index (χ0v) is 16.6. The van der Waals surface area contributed by atoms with Gasteiger partial charge in [-0.25, -0.2) is 4.98 Å². The van der Waals surface area contributed by atoms with E-state index < -0.39 is 0 Å². The van der Waals surface area contributed by atoms with Crippen molar-refractivity contribution in [2.75, 3.05) is 23.1 Å². The maximum absolute atomic E-state index is 12.6. The quantitative estimate of drug-likeness (QED) is 0.695. The number of carbonyl (C=O) groups is 2. The fraction of sp³-hybridized carbons (Fsp3) is 0.136. The van der Waals surface area contributed by atoms with Crippen LogP contribution in [0.4, 0.5) is 11.4 Å². The number of hydrogen-bond acceptors (Lipinski definition) is 5. The number of anilines is 2. The number of ether oxygens (including phenoxy) is 1. The lowest BCUT2D eigenvalue weighted by molar-refractivity contribution is -0.116. The van der Waals surface area contributed by atoms with Gasteiger partial charge in [-0.2, -0.15) is 0 Å². The van der Waals surface area contributed by atoms with Crippen LogP contribution >= 0.6 is 11.8 Å². The van der Waals surface area contributed by atoms with Crippen LogP contribution in [0.1, 0.15) is 15.9 Å². The fourth-order valence-electron chi connectivity index (χ4n) is 3.10. The number of carbonyl (C=O) groups excluding carboxylic acids is 2. The molecule has 29 heavy (non-hydrogen) atoms. The third-order valence-electron chi connectivity index (χ3n) is 4.59. The second-order valence-electron chi connectivity index (χ2n) is 6.45. The smallest absolute Gasteiger partial charge is 0.255 e. The van der Waals surface area contributed by atoms with E-state index in [-0.39, 0.29) is 11.8 Å². The van der Waals surface area contributed by atoms with Gasteiger partial charge >= 0.3 is 0 Å². The van der Waals surface area contributed by atoms with E-state index in [2.05, 4.69) is 10.3 Å². The first kappa shape index (κ1) is 19.0. The van der Waals surface area contributed by atoms with Crippen LogP contribution in [-0.4, -0.2) is 29.7 Å². The van der Waals surface area contributed by atoms with Crippen molar-refractivity contribution in [3.63, 3.8) is 0 Å². The van der Waals surface area contributed by atoms with Gasteiger partial charge in [-0.15, -0.1) is 0 Å². The van der Waals surface area contributed by atoms with Crippen LogP contribution in [0.15, 0.2) is 71.9 Å².